The number of amides is 1. The van der Waals surface area contributed by atoms with Gasteiger partial charge in [0.25, 0.3) is 0 Å². The number of likely N-dealkylation sites (tertiary alicyclic amines) is 1. The standard InChI is InChI=1S/C16H20N2O3/c1-21-13-2-3-15-14(7-13)12(8-17-15)6-16(20)18-5-4-11(9-18)10-19/h2-3,7-8,11,17,19H,4-6,9-10H2,1H3. The molecule has 0 radical (unpaired) electrons. The molecule has 1 unspecified atom stereocenters. The molecule has 1 aliphatic heterocycles. The van der Waals surface area contributed by atoms with E-state index in [9.17, 15) is 4.79 Å². The Morgan fingerprint density at radius 2 is 2.38 bits per heavy atom. The number of methoxy groups -OCH3 is 1. The molecule has 1 fully saturated rings. The molecule has 1 saturated heterocycles. The van der Waals surface area contributed by atoms with Gasteiger partial charge in [0.2, 0.25) is 5.91 Å². The summed E-state index contributed by atoms with van der Waals surface area (Å²) in [4.78, 5) is 17.4. The molecule has 0 saturated carbocycles. The predicted molar refractivity (Wildman–Crippen MR) is 80.3 cm³/mol. The maximum atomic E-state index is 12.4. The van der Waals surface area contributed by atoms with Gasteiger partial charge in [-0.15, -0.1) is 0 Å². The molecule has 5 heteroatoms. The van der Waals surface area contributed by atoms with Gasteiger partial charge in [-0.3, -0.25) is 4.79 Å². The lowest BCUT2D eigenvalue weighted by atomic mass is 10.1. The lowest BCUT2D eigenvalue weighted by Gasteiger charge is -2.15. The van der Waals surface area contributed by atoms with Gasteiger partial charge in [0.15, 0.2) is 0 Å². The van der Waals surface area contributed by atoms with E-state index < -0.39 is 0 Å². The monoisotopic (exact) mass is 288 g/mol. The van der Waals surface area contributed by atoms with Crippen LogP contribution in [-0.2, 0) is 11.2 Å². The van der Waals surface area contributed by atoms with Crippen LogP contribution in [-0.4, -0.2) is 47.7 Å². The van der Waals surface area contributed by atoms with Gasteiger partial charge < -0.3 is 19.7 Å². The summed E-state index contributed by atoms with van der Waals surface area (Å²) in [5.74, 6) is 1.14. The molecule has 2 heterocycles. The lowest BCUT2D eigenvalue weighted by molar-refractivity contribution is -0.129. The fourth-order valence-electron chi connectivity index (χ4n) is 2.91. The Balaban J connectivity index is 1.77. The number of H-pyrrole nitrogens is 1. The highest BCUT2D eigenvalue weighted by molar-refractivity contribution is 5.89. The summed E-state index contributed by atoms with van der Waals surface area (Å²) in [6.45, 7) is 1.57. The second kappa shape index (κ2) is 5.77. The Bertz CT molecular complexity index is 650. The zero-order valence-corrected chi connectivity index (χ0v) is 12.1. The second-order valence-corrected chi connectivity index (χ2v) is 5.58. The number of aliphatic hydroxyl groups excluding tert-OH is 1. The van der Waals surface area contributed by atoms with Crippen LogP contribution in [0.1, 0.15) is 12.0 Å². The SMILES string of the molecule is COc1ccc2[nH]cc(CC(=O)N3CCC(CO)C3)c2c1. The number of nitrogens with one attached hydrogen (secondary N) is 1. The van der Waals surface area contributed by atoms with E-state index in [0.29, 0.717) is 13.0 Å². The predicted octanol–water partition coefficient (Wildman–Crippen LogP) is 1.56. The van der Waals surface area contributed by atoms with Crippen LogP contribution in [0, 0.1) is 5.92 Å². The Morgan fingerprint density at radius 3 is 3.10 bits per heavy atom. The number of hydrogen-bond donors (Lipinski definition) is 2. The van der Waals surface area contributed by atoms with Crippen molar-refractivity contribution in [2.24, 2.45) is 5.92 Å². The van der Waals surface area contributed by atoms with Gasteiger partial charge >= 0.3 is 0 Å². The number of aliphatic hydroxyl groups is 1. The lowest BCUT2D eigenvalue weighted by Crippen LogP contribution is -2.30. The molecule has 0 bridgehead atoms. The first kappa shape index (κ1) is 13.9. The summed E-state index contributed by atoms with van der Waals surface area (Å²) in [5, 5.41) is 10.2. The van der Waals surface area contributed by atoms with E-state index in [0.717, 1.165) is 35.2 Å². The van der Waals surface area contributed by atoms with Crippen LogP contribution in [0.3, 0.4) is 0 Å². The summed E-state index contributed by atoms with van der Waals surface area (Å²) < 4.78 is 5.24. The van der Waals surface area contributed by atoms with Crippen LogP contribution in [0.15, 0.2) is 24.4 Å². The Hall–Kier alpha value is -2.01. The third-order valence-corrected chi connectivity index (χ3v) is 4.21. The molecule has 2 N–H and O–H groups in total. The summed E-state index contributed by atoms with van der Waals surface area (Å²) in [5.41, 5.74) is 2.00. The molecule has 1 amide bonds. The molecule has 5 nitrogen and oxygen atoms in total. The Kier molecular flexibility index (Phi) is 3.84. The fourth-order valence-corrected chi connectivity index (χ4v) is 2.91. The van der Waals surface area contributed by atoms with Crippen molar-refractivity contribution in [1.82, 2.24) is 9.88 Å². The Labute approximate surface area is 123 Å². The first-order valence-corrected chi connectivity index (χ1v) is 7.24. The number of rotatable bonds is 4. The quantitative estimate of drug-likeness (QED) is 0.897. The third kappa shape index (κ3) is 2.74. The van der Waals surface area contributed by atoms with E-state index in [2.05, 4.69) is 4.98 Å². The molecule has 0 aliphatic carbocycles. The number of benzene rings is 1. The minimum Gasteiger partial charge on any atom is -0.497 e. The van der Waals surface area contributed by atoms with Crippen LogP contribution in [0.5, 0.6) is 5.75 Å². The molecule has 0 spiro atoms. The number of ether oxygens (including phenoxy) is 1. The van der Waals surface area contributed by atoms with Gasteiger partial charge in [-0.2, -0.15) is 0 Å². The van der Waals surface area contributed by atoms with Crippen molar-refractivity contribution < 1.29 is 14.6 Å². The van der Waals surface area contributed by atoms with Crippen molar-refractivity contribution in [3.05, 3.63) is 30.0 Å². The van der Waals surface area contributed by atoms with E-state index in [4.69, 9.17) is 9.84 Å². The van der Waals surface area contributed by atoms with Gasteiger partial charge in [0.1, 0.15) is 5.75 Å². The number of aromatic amines is 1. The highest BCUT2D eigenvalue weighted by atomic mass is 16.5. The van der Waals surface area contributed by atoms with Gasteiger partial charge in [-0.05, 0) is 30.2 Å². The van der Waals surface area contributed by atoms with Crippen molar-refractivity contribution in [2.75, 3.05) is 26.8 Å². The second-order valence-electron chi connectivity index (χ2n) is 5.58. The number of carbonyl (C=O) groups excluding carboxylic acids is 1. The van der Waals surface area contributed by atoms with Crippen molar-refractivity contribution in [1.29, 1.82) is 0 Å². The largest absolute Gasteiger partial charge is 0.497 e. The molecule has 1 aliphatic rings. The maximum absolute atomic E-state index is 12.4. The first-order chi connectivity index (χ1) is 10.2. The number of aromatic nitrogens is 1. The summed E-state index contributed by atoms with van der Waals surface area (Å²) in [6.07, 6.45) is 3.16. The van der Waals surface area contributed by atoms with Gasteiger partial charge in [0.05, 0.1) is 13.5 Å². The van der Waals surface area contributed by atoms with Crippen LogP contribution in [0.2, 0.25) is 0 Å². The van der Waals surface area contributed by atoms with Crippen LogP contribution >= 0.6 is 0 Å². The topological polar surface area (TPSA) is 65.6 Å². The van der Waals surface area contributed by atoms with E-state index in [1.165, 1.54) is 0 Å². The average Bonchev–Trinajstić information content (AvgIpc) is 3.14. The first-order valence-electron chi connectivity index (χ1n) is 7.24. The molecule has 21 heavy (non-hydrogen) atoms. The minimum atomic E-state index is 0.120. The summed E-state index contributed by atoms with van der Waals surface area (Å²) in [7, 11) is 1.64. The van der Waals surface area contributed by atoms with Gasteiger partial charge in [0, 0.05) is 42.7 Å². The zero-order valence-electron chi connectivity index (χ0n) is 12.1. The van der Waals surface area contributed by atoms with Crippen molar-refractivity contribution in [3.63, 3.8) is 0 Å². The summed E-state index contributed by atoms with van der Waals surface area (Å²) in [6, 6.07) is 5.81. The molecule has 3 rings (SSSR count). The highest BCUT2D eigenvalue weighted by Gasteiger charge is 2.26. The van der Waals surface area contributed by atoms with Gasteiger partial charge in [-0.1, -0.05) is 0 Å². The zero-order chi connectivity index (χ0) is 14.8. The van der Waals surface area contributed by atoms with Crippen LogP contribution in [0.25, 0.3) is 10.9 Å². The van der Waals surface area contributed by atoms with Crippen molar-refractivity contribution >= 4 is 16.8 Å². The van der Waals surface area contributed by atoms with Gasteiger partial charge in [-0.25, -0.2) is 0 Å². The Morgan fingerprint density at radius 1 is 1.52 bits per heavy atom. The maximum Gasteiger partial charge on any atom is 0.227 e. The molecule has 2 aromatic rings. The molecule has 1 aromatic carbocycles. The number of hydrogen-bond acceptors (Lipinski definition) is 3. The minimum absolute atomic E-state index is 0.120. The average molecular weight is 288 g/mol. The molecule has 1 aromatic heterocycles. The molecule has 1 atom stereocenters. The number of carbonyl (C=O) groups is 1. The number of nitrogens with zero attached hydrogens (tertiary/aromatic N) is 1. The highest BCUT2D eigenvalue weighted by Crippen LogP contribution is 2.25. The van der Waals surface area contributed by atoms with E-state index >= 15 is 0 Å². The van der Waals surface area contributed by atoms with Crippen molar-refractivity contribution in [2.45, 2.75) is 12.8 Å². The van der Waals surface area contributed by atoms with E-state index in [1.807, 2.05) is 29.3 Å². The molecular weight excluding hydrogens is 268 g/mol. The fraction of sp³-hybridized carbons (Fsp3) is 0.438. The van der Waals surface area contributed by atoms with Crippen molar-refractivity contribution in [3.8, 4) is 5.75 Å². The normalized spacial score (nSPS) is 18.4. The van der Waals surface area contributed by atoms with Crippen LogP contribution < -0.4 is 4.74 Å². The van der Waals surface area contributed by atoms with E-state index in [1.54, 1.807) is 7.11 Å². The molecule has 112 valence electrons. The van der Waals surface area contributed by atoms with Crippen LogP contribution in [0.4, 0.5) is 0 Å². The number of fused-ring (bicyclic) bond motifs is 1. The smallest absolute Gasteiger partial charge is 0.227 e. The molecular formula is C16H20N2O3. The third-order valence-electron chi connectivity index (χ3n) is 4.21. The summed E-state index contributed by atoms with van der Waals surface area (Å²) >= 11 is 0. The van der Waals surface area contributed by atoms with E-state index in [-0.39, 0.29) is 18.4 Å².